The average Bonchev–Trinajstić information content (AvgIpc) is 2.57. The van der Waals surface area contributed by atoms with Crippen molar-refractivity contribution in [2.45, 2.75) is 6.92 Å². The van der Waals surface area contributed by atoms with Crippen molar-refractivity contribution in [3.63, 3.8) is 0 Å². The molecule has 0 unspecified atom stereocenters. The summed E-state index contributed by atoms with van der Waals surface area (Å²) in [6.45, 7) is 2.80. The number of pyridine rings is 1. The highest BCUT2D eigenvalue weighted by Gasteiger charge is 2.14. The van der Waals surface area contributed by atoms with Crippen molar-refractivity contribution in [1.29, 1.82) is 0 Å². The van der Waals surface area contributed by atoms with Gasteiger partial charge in [-0.15, -0.1) is 0 Å². The Labute approximate surface area is 140 Å². The Morgan fingerprint density at radius 2 is 2.00 bits per heavy atom. The molecule has 0 bridgehead atoms. The fourth-order valence-corrected chi connectivity index (χ4v) is 2.63. The third kappa shape index (κ3) is 3.55. The quantitative estimate of drug-likeness (QED) is 0.838. The van der Waals surface area contributed by atoms with E-state index in [1.165, 1.54) is 0 Å². The molecule has 3 rings (SSSR count). The van der Waals surface area contributed by atoms with Crippen LogP contribution in [0.5, 0.6) is 5.75 Å². The minimum atomic E-state index is 0.621. The molecule has 0 aliphatic carbocycles. The molecule has 1 aliphatic rings. The highest BCUT2D eigenvalue weighted by Crippen LogP contribution is 2.31. The predicted octanol–water partition coefficient (Wildman–Crippen LogP) is 3.81. The van der Waals surface area contributed by atoms with Gasteiger partial charge < -0.3 is 10.2 Å². The first-order valence-electron chi connectivity index (χ1n) is 7.38. The third-order valence-corrected chi connectivity index (χ3v) is 3.84. The Morgan fingerprint density at radius 3 is 2.65 bits per heavy atom. The number of hydroxylamine groups is 1. The number of aromatic nitrogens is 1. The number of dihydropyridines is 1. The van der Waals surface area contributed by atoms with Crippen LogP contribution in [0.25, 0.3) is 16.7 Å². The molecule has 2 N–H and O–H groups in total. The summed E-state index contributed by atoms with van der Waals surface area (Å²) in [6, 6.07) is 9.77. The molecule has 1 aromatic heterocycles. The third-order valence-electron chi connectivity index (χ3n) is 3.64. The smallest absolute Gasteiger partial charge is 0.147 e. The molecule has 0 saturated carbocycles. The van der Waals surface area contributed by atoms with Crippen LogP contribution in [0, 0.1) is 0 Å². The van der Waals surface area contributed by atoms with Crippen molar-refractivity contribution in [3.8, 4) is 16.9 Å². The van der Waals surface area contributed by atoms with Crippen molar-refractivity contribution in [2.75, 3.05) is 13.6 Å². The molecule has 0 amide bonds. The predicted molar refractivity (Wildman–Crippen MR) is 94.1 cm³/mol. The number of halogens is 1. The second kappa shape index (κ2) is 6.86. The first-order chi connectivity index (χ1) is 11.2. The second-order valence-corrected chi connectivity index (χ2v) is 5.71. The van der Waals surface area contributed by atoms with Crippen molar-refractivity contribution in [1.82, 2.24) is 15.8 Å². The molecule has 5 heteroatoms. The summed E-state index contributed by atoms with van der Waals surface area (Å²) in [5, 5.41) is 3.96. The van der Waals surface area contributed by atoms with E-state index in [2.05, 4.69) is 27.9 Å². The lowest BCUT2D eigenvalue weighted by Crippen LogP contribution is -2.18. The number of hydrogen-bond acceptors (Lipinski definition) is 4. The maximum absolute atomic E-state index is 6.17. The van der Waals surface area contributed by atoms with Crippen molar-refractivity contribution in [3.05, 3.63) is 65.1 Å². The zero-order valence-corrected chi connectivity index (χ0v) is 13.8. The van der Waals surface area contributed by atoms with Gasteiger partial charge in [0.1, 0.15) is 5.75 Å². The Morgan fingerprint density at radius 1 is 1.22 bits per heavy atom. The minimum Gasteiger partial charge on any atom is -0.409 e. The van der Waals surface area contributed by atoms with Crippen LogP contribution in [0.4, 0.5) is 0 Å². The lowest BCUT2D eigenvalue weighted by Gasteiger charge is -2.17. The van der Waals surface area contributed by atoms with Gasteiger partial charge >= 0.3 is 0 Å². The Balaban J connectivity index is 2.03. The topological polar surface area (TPSA) is 46.2 Å². The van der Waals surface area contributed by atoms with E-state index in [-0.39, 0.29) is 0 Å². The van der Waals surface area contributed by atoms with E-state index in [0.717, 1.165) is 40.4 Å². The maximum atomic E-state index is 6.17. The van der Waals surface area contributed by atoms with E-state index in [1.54, 1.807) is 13.2 Å². The summed E-state index contributed by atoms with van der Waals surface area (Å²) in [6.07, 6.45) is 5.84. The standard InChI is InChI=1S/C18H18ClN3O/c1-12-3-4-14(10-21-12)18-17(9-15(19)11-22-18)13-5-7-16(8-6-13)23-20-2/h3-9,11,20-21H,10H2,1-2H3. The molecule has 0 fully saturated rings. The van der Waals surface area contributed by atoms with Gasteiger partial charge in [0.05, 0.1) is 10.7 Å². The molecule has 23 heavy (non-hydrogen) atoms. The van der Waals surface area contributed by atoms with Gasteiger partial charge in [-0.3, -0.25) is 4.98 Å². The van der Waals surface area contributed by atoms with Gasteiger partial charge in [0.15, 0.2) is 0 Å². The molecule has 1 aromatic carbocycles. The normalized spacial score (nSPS) is 13.9. The molecule has 118 valence electrons. The number of benzene rings is 1. The summed E-state index contributed by atoms with van der Waals surface area (Å²) in [5.41, 5.74) is 7.94. The number of nitrogens with zero attached hydrogens (tertiary/aromatic N) is 1. The summed E-state index contributed by atoms with van der Waals surface area (Å²) in [4.78, 5) is 9.81. The van der Waals surface area contributed by atoms with Crippen LogP contribution in [0.3, 0.4) is 0 Å². The highest BCUT2D eigenvalue weighted by molar-refractivity contribution is 6.30. The lowest BCUT2D eigenvalue weighted by atomic mass is 9.98. The number of hydrogen-bond donors (Lipinski definition) is 2. The average molecular weight is 328 g/mol. The highest BCUT2D eigenvalue weighted by atomic mass is 35.5. The van der Waals surface area contributed by atoms with Crippen LogP contribution in [0.2, 0.25) is 5.02 Å². The SMILES string of the molecule is CNOc1ccc(-c2cc(Cl)cnc2C2=CC=C(C)NC2)cc1. The molecule has 0 atom stereocenters. The van der Waals surface area contributed by atoms with Crippen LogP contribution in [0.15, 0.2) is 54.4 Å². The van der Waals surface area contributed by atoms with Crippen molar-refractivity contribution >= 4 is 17.2 Å². The van der Waals surface area contributed by atoms with Crippen LogP contribution < -0.4 is 15.6 Å². The Bertz CT molecular complexity index is 766. The molecule has 0 radical (unpaired) electrons. The van der Waals surface area contributed by atoms with Gasteiger partial charge in [-0.05, 0) is 42.3 Å². The van der Waals surface area contributed by atoms with Crippen LogP contribution in [-0.2, 0) is 0 Å². The minimum absolute atomic E-state index is 0.621. The van der Waals surface area contributed by atoms with E-state index in [0.29, 0.717) is 5.02 Å². The molecule has 4 nitrogen and oxygen atoms in total. The molecule has 1 aliphatic heterocycles. The van der Waals surface area contributed by atoms with Gasteiger partial charge in [-0.25, -0.2) is 0 Å². The summed E-state index contributed by atoms with van der Waals surface area (Å²) in [5.74, 6) is 0.755. The van der Waals surface area contributed by atoms with E-state index >= 15 is 0 Å². The van der Waals surface area contributed by atoms with Crippen LogP contribution >= 0.6 is 11.6 Å². The van der Waals surface area contributed by atoms with Crippen molar-refractivity contribution < 1.29 is 4.84 Å². The van der Waals surface area contributed by atoms with Gasteiger partial charge in [-0.2, -0.15) is 5.48 Å². The molecule has 2 heterocycles. The van der Waals surface area contributed by atoms with E-state index in [9.17, 15) is 0 Å². The summed E-state index contributed by atoms with van der Waals surface area (Å²) in [7, 11) is 1.73. The number of nitrogens with one attached hydrogen (secondary N) is 2. The van der Waals surface area contributed by atoms with E-state index in [4.69, 9.17) is 16.4 Å². The van der Waals surface area contributed by atoms with E-state index < -0.39 is 0 Å². The Hall–Kier alpha value is -2.30. The second-order valence-electron chi connectivity index (χ2n) is 5.28. The first kappa shape index (κ1) is 15.6. The fourth-order valence-electron chi connectivity index (χ4n) is 2.48. The molecular weight excluding hydrogens is 310 g/mol. The monoisotopic (exact) mass is 327 g/mol. The fraction of sp³-hybridized carbons (Fsp3) is 0.167. The lowest BCUT2D eigenvalue weighted by molar-refractivity contribution is 0.224. The molecule has 2 aromatic rings. The first-order valence-corrected chi connectivity index (χ1v) is 7.76. The maximum Gasteiger partial charge on any atom is 0.147 e. The summed E-state index contributed by atoms with van der Waals surface area (Å²) < 4.78 is 0. The van der Waals surface area contributed by atoms with Gasteiger partial charge in [0.2, 0.25) is 0 Å². The largest absolute Gasteiger partial charge is 0.409 e. The van der Waals surface area contributed by atoms with Crippen LogP contribution in [0.1, 0.15) is 12.6 Å². The molecule has 0 spiro atoms. The number of rotatable bonds is 4. The van der Waals surface area contributed by atoms with Gasteiger partial charge in [0, 0.05) is 31.0 Å². The zero-order valence-electron chi connectivity index (χ0n) is 13.1. The zero-order chi connectivity index (χ0) is 16.2. The van der Waals surface area contributed by atoms with Gasteiger partial charge in [0.25, 0.3) is 0 Å². The Kier molecular flexibility index (Phi) is 4.65. The van der Waals surface area contributed by atoms with E-state index in [1.807, 2.05) is 37.3 Å². The van der Waals surface area contributed by atoms with Crippen LogP contribution in [-0.4, -0.2) is 18.6 Å². The summed E-state index contributed by atoms with van der Waals surface area (Å²) >= 11 is 6.17. The molecule has 0 saturated heterocycles. The van der Waals surface area contributed by atoms with Crippen molar-refractivity contribution in [2.24, 2.45) is 0 Å². The molecular formula is C18H18ClN3O. The van der Waals surface area contributed by atoms with Gasteiger partial charge in [-0.1, -0.05) is 29.8 Å². The number of allylic oxidation sites excluding steroid dienone is 3.